The molecule has 3 atom stereocenters. The maximum Gasteiger partial charge on any atom is 0.326 e. The van der Waals surface area contributed by atoms with Gasteiger partial charge in [-0.3, -0.25) is 14.4 Å². The van der Waals surface area contributed by atoms with Crippen LogP contribution in [0.25, 0.3) is 0 Å². The first-order chi connectivity index (χ1) is 12.2. The van der Waals surface area contributed by atoms with Gasteiger partial charge in [-0.15, -0.1) is 0 Å². The molecule has 1 heterocycles. The summed E-state index contributed by atoms with van der Waals surface area (Å²) in [5.41, 5.74) is 5.57. The number of nitrogens with one attached hydrogen (secondary N) is 4. The molecule has 26 heavy (non-hydrogen) atoms. The van der Waals surface area contributed by atoms with Crippen LogP contribution in [-0.4, -0.2) is 75.1 Å². The van der Waals surface area contributed by atoms with Crippen LogP contribution in [-0.2, 0) is 25.6 Å². The number of carbonyl (C=O) groups excluding carboxylic acids is 3. The molecule has 8 N–H and O–H groups in total. The molecule has 0 fully saturated rings. The lowest BCUT2D eigenvalue weighted by molar-refractivity contribution is -0.142. The Kier molecular flexibility index (Phi) is 8.18. The molecule has 0 aliphatic carbocycles. The van der Waals surface area contributed by atoms with Crippen LogP contribution in [0.5, 0.6) is 0 Å². The van der Waals surface area contributed by atoms with Gasteiger partial charge >= 0.3 is 5.97 Å². The lowest BCUT2D eigenvalue weighted by Gasteiger charge is -2.23. The van der Waals surface area contributed by atoms with E-state index < -0.39 is 48.4 Å². The summed E-state index contributed by atoms with van der Waals surface area (Å²) in [5.74, 6) is -3.48. The second-order valence-corrected chi connectivity index (χ2v) is 5.45. The lowest BCUT2D eigenvalue weighted by atomic mass is 10.1. The number of imidazole rings is 1. The number of aliphatic hydroxyl groups excluding tert-OH is 1. The van der Waals surface area contributed by atoms with Crippen molar-refractivity contribution in [1.29, 1.82) is 0 Å². The van der Waals surface area contributed by atoms with Crippen LogP contribution in [0.15, 0.2) is 12.5 Å². The highest BCUT2D eigenvalue weighted by Gasteiger charge is 2.30. The number of amides is 3. The number of aliphatic carboxylic acids is 1. The molecule has 0 unspecified atom stereocenters. The number of rotatable bonds is 10. The number of aliphatic hydroxyl groups is 1. The van der Waals surface area contributed by atoms with E-state index in [9.17, 15) is 29.4 Å². The predicted molar refractivity (Wildman–Crippen MR) is 87.5 cm³/mol. The minimum atomic E-state index is -1.40. The molecule has 12 heteroatoms. The van der Waals surface area contributed by atoms with E-state index in [1.807, 2.05) is 0 Å². The number of hydrogen-bond acceptors (Lipinski definition) is 7. The van der Waals surface area contributed by atoms with Crippen molar-refractivity contribution in [3.05, 3.63) is 18.2 Å². The average Bonchev–Trinajstić information content (AvgIpc) is 3.09. The predicted octanol–water partition coefficient (Wildman–Crippen LogP) is -3.54. The highest BCUT2D eigenvalue weighted by molar-refractivity contribution is 5.92. The smallest absolute Gasteiger partial charge is 0.326 e. The first-order valence-electron chi connectivity index (χ1n) is 7.69. The second kappa shape index (κ2) is 10.1. The normalized spacial score (nSPS) is 14.0. The van der Waals surface area contributed by atoms with Crippen molar-refractivity contribution < 1.29 is 29.4 Å². The molecule has 0 radical (unpaired) electrons. The Morgan fingerprint density at radius 2 is 1.96 bits per heavy atom. The maximum absolute atomic E-state index is 12.3. The van der Waals surface area contributed by atoms with Gasteiger partial charge < -0.3 is 36.9 Å². The molecular weight excluding hydrogens is 348 g/mol. The third-order valence-electron chi connectivity index (χ3n) is 3.31. The fourth-order valence-electron chi connectivity index (χ4n) is 1.96. The molecule has 1 aromatic rings. The molecule has 1 aromatic heterocycles. The van der Waals surface area contributed by atoms with Crippen molar-refractivity contribution in [2.24, 2.45) is 5.73 Å². The summed E-state index contributed by atoms with van der Waals surface area (Å²) >= 11 is 0. The highest BCUT2D eigenvalue weighted by Crippen LogP contribution is 2.01. The first-order valence-corrected chi connectivity index (χ1v) is 7.69. The summed E-state index contributed by atoms with van der Waals surface area (Å²) < 4.78 is 0. The van der Waals surface area contributed by atoms with Crippen molar-refractivity contribution in [3.63, 3.8) is 0 Å². The van der Waals surface area contributed by atoms with E-state index in [0.29, 0.717) is 5.69 Å². The van der Waals surface area contributed by atoms with Gasteiger partial charge in [0.1, 0.15) is 12.1 Å². The first kappa shape index (κ1) is 21.1. The van der Waals surface area contributed by atoms with Gasteiger partial charge in [-0.25, -0.2) is 9.78 Å². The summed E-state index contributed by atoms with van der Waals surface area (Å²) in [5, 5.41) is 25.6. The van der Waals surface area contributed by atoms with Crippen LogP contribution in [0.4, 0.5) is 0 Å². The molecule has 0 aliphatic rings. The zero-order valence-corrected chi connectivity index (χ0v) is 14.1. The van der Waals surface area contributed by atoms with E-state index in [0.717, 1.165) is 0 Å². The van der Waals surface area contributed by atoms with E-state index in [4.69, 9.17) is 5.73 Å². The van der Waals surface area contributed by atoms with Gasteiger partial charge in [0, 0.05) is 18.3 Å². The number of aromatic nitrogens is 2. The number of carbonyl (C=O) groups is 4. The van der Waals surface area contributed by atoms with Gasteiger partial charge in [0.15, 0.2) is 0 Å². The monoisotopic (exact) mass is 370 g/mol. The van der Waals surface area contributed by atoms with E-state index in [1.54, 1.807) is 0 Å². The van der Waals surface area contributed by atoms with Crippen LogP contribution >= 0.6 is 0 Å². The standard InChI is InChI=1S/C14H22N6O6/c1-7(21)12(20-11(23)5-17-10(22)3-15)13(24)19-9(14(25)26)2-8-4-16-6-18-8/h4,6-7,9,12,21H,2-3,5,15H2,1H3,(H,16,18)(H,17,22)(H,19,24)(H,20,23)(H,25,26)/t7-,9+,12+/m1/s1. The van der Waals surface area contributed by atoms with Gasteiger partial charge in [0.2, 0.25) is 17.7 Å². The Balaban J connectivity index is 2.69. The van der Waals surface area contributed by atoms with E-state index >= 15 is 0 Å². The molecule has 12 nitrogen and oxygen atoms in total. The molecule has 0 bridgehead atoms. The molecular formula is C14H22N6O6. The van der Waals surface area contributed by atoms with Crippen molar-refractivity contribution in [3.8, 4) is 0 Å². The molecule has 0 aliphatic heterocycles. The molecule has 0 spiro atoms. The van der Waals surface area contributed by atoms with Crippen molar-refractivity contribution in [1.82, 2.24) is 25.9 Å². The van der Waals surface area contributed by atoms with E-state index in [1.165, 1.54) is 19.4 Å². The number of nitrogens with two attached hydrogens (primary N) is 1. The zero-order valence-electron chi connectivity index (χ0n) is 14.1. The molecule has 0 saturated heterocycles. The van der Waals surface area contributed by atoms with Crippen LogP contribution in [0.2, 0.25) is 0 Å². The third-order valence-corrected chi connectivity index (χ3v) is 3.31. The van der Waals surface area contributed by atoms with Crippen LogP contribution in [0.3, 0.4) is 0 Å². The Morgan fingerprint density at radius 1 is 1.27 bits per heavy atom. The van der Waals surface area contributed by atoms with E-state index in [2.05, 4.69) is 25.9 Å². The molecule has 0 saturated carbocycles. The topological polar surface area (TPSA) is 200 Å². The summed E-state index contributed by atoms with van der Waals surface area (Å²) in [4.78, 5) is 52.9. The van der Waals surface area contributed by atoms with Gasteiger partial charge in [-0.2, -0.15) is 0 Å². The Bertz CT molecular complexity index is 632. The quantitative estimate of drug-likeness (QED) is 0.219. The summed E-state index contributed by atoms with van der Waals surface area (Å²) in [6.07, 6.45) is 1.42. The average molecular weight is 370 g/mol. The third kappa shape index (κ3) is 6.86. The van der Waals surface area contributed by atoms with Crippen molar-refractivity contribution >= 4 is 23.7 Å². The number of aromatic amines is 1. The Morgan fingerprint density at radius 3 is 2.46 bits per heavy atom. The van der Waals surface area contributed by atoms with E-state index in [-0.39, 0.29) is 13.0 Å². The van der Waals surface area contributed by atoms with Crippen LogP contribution in [0.1, 0.15) is 12.6 Å². The number of hydrogen-bond donors (Lipinski definition) is 7. The zero-order chi connectivity index (χ0) is 19.7. The fourth-order valence-corrected chi connectivity index (χ4v) is 1.96. The van der Waals surface area contributed by atoms with Crippen LogP contribution < -0.4 is 21.7 Å². The van der Waals surface area contributed by atoms with Gasteiger partial charge in [-0.05, 0) is 6.92 Å². The number of carboxylic acid groups (broad SMARTS) is 1. The number of carboxylic acids is 1. The lowest BCUT2D eigenvalue weighted by Crippen LogP contribution is -2.57. The van der Waals surface area contributed by atoms with Gasteiger partial charge in [-0.1, -0.05) is 0 Å². The Labute approximate surface area is 148 Å². The molecule has 3 amide bonds. The summed E-state index contributed by atoms with van der Waals surface area (Å²) in [6, 6.07) is -2.70. The van der Waals surface area contributed by atoms with Crippen LogP contribution in [0, 0.1) is 0 Å². The van der Waals surface area contributed by atoms with Crippen molar-refractivity contribution in [2.45, 2.75) is 31.5 Å². The molecule has 0 aromatic carbocycles. The Hall–Kier alpha value is -2.99. The molecule has 1 rings (SSSR count). The fraction of sp³-hybridized carbons (Fsp3) is 0.500. The van der Waals surface area contributed by atoms with Gasteiger partial charge in [0.25, 0.3) is 0 Å². The largest absolute Gasteiger partial charge is 0.480 e. The second-order valence-electron chi connectivity index (χ2n) is 5.45. The highest BCUT2D eigenvalue weighted by atomic mass is 16.4. The van der Waals surface area contributed by atoms with Gasteiger partial charge in [0.05, 0.1) is 25.5 Å². The summed E-state index contributed by atoms with van der Waals surface area (Å²) in [7, 11) is 0. The maximum atomic E-state index is 12.3. The minimum Gasteiger partial charge on any atom is -0.480 e. The SMILES string of the molecule is C[C@@H](O)[C@H](NC(=O)CNC(=O)CN)C(=O)N[C@@H](Cc1cnc[nH]1)C(=O)O. The number of nitrogens with zero attached hydrogens (tertiary/aromatic N) is 1. The van der Waals surface area contributed by atoms with Crippen molar-refractivity contribution in [2.75, 3.05) is 13.1 Å². The minimum absolute atomic E-state index is 0.0614. The summed E-state index contributed by atoms with van der Waals surface area (Å²) in [6.45, 7) is 0.512. The number of H-pyrrole nitrogens is 1. The molecule has 144 valence electrons.